The van der Waals surface area contributed by atoms with Gasteiger partial charge in [0.1, 0.15) is 0 Å². The van der Waals surface area contributed by atoms with Crippen LogP contribution in [0, 0.1) is 0 Å². The van der Waals surface area contributed by atoms with E-state index in [1.54, 1.807) is 12.1 Å². The molecule has 0 amide bonds. The Balaban J connectivity index is 3.27. The molecule has 1 aromatic rings. The molecule has 0 aromatic heterocycles. The quantitative estimate of drug-likeness (QED) is 0.813. The van der Waals surface area contributed by atoms with E-state index in [-0.39, 0.29) is 12.2 Å². The van der Waals surface area contributed by atoms with Crippen LogP contribution in [-0.2, 0) is 6.61 Å². The lowest BCUT2D eigenvalue weighted by molar-refractivity contribution is 0.0693. The zero-order valence-corrected chi connectivity index (χ0v) is 7.71. The minimum atomic E-state index is -1.03. The number of aliphatic hydroxyl groups is 1. The highest BCUT2D eigenvalue weighted by Crippen LogP contribution is 2.20. The van der Waals surface area contributed by atoms with Gasteiger partial charge in [-0.2, -0.15) is 0 Å². The van der Waals surface area contributed by atoms with Crippen molar-refractivity contribution in [1.29, 1.82) is 0 Å². The highest BCUT2D eigenvalue weighted by Gasteiger charge is 2.10. The standard InChI is InChI=1S/C8H7BrO3/c9-7-3-1-2-5(8(11)12)6(7)4-10/h1-3,10H,4H2,(H,11,12). The van der Waals surface area contributed by atoms with Gasteiger partial charge in [0.2, 0.25) is 0 Å². The smallest absolute Gasteiger partial charge is 0.336 e. The average molecular weight is 231 g/mol. The van der Waals surface area contributed by atoms with Crippen molar-refractivity contribution in [2.75, 3.05) is 0 Å². The molecule has 0 aliphatic rings. The maximum atomic E-state index is 10.6. The zero-order valence-electron chi connectivity index (χ0n) is 6.12. The number of halogens is 1. The third-order valence-corrected chi connectivity index (χ3v) is 2.25. The van der Waals surface area contributed by atoms with Crippen molar-refractivity contribution in [3.8, 4) is 0 Å². The van der Waals surface area contributed by atoms with Crippen molar-refractivity contribution in [3.05, 3.63) is 33.8 Å². The molecule has 0 fully saturated rings. The summed E-state index contributed by atoms with van der Waals surface area (Å²) in [5, 5.41) is 17.5. The largest absolute Gasteiger partial charge is 0.478 e. The molecule has 12 heavy (non-hydrogen) atoms. The summed E-state index contributed by atoms with van der Waals surface area (Å²) >= 11 is 3.15. The number of carbonyl (C=O) groups is 1. The Kier molecular flexibility index (Phi) is 2.83. The number of aromatic carboxylic acids is 1. The number of hydrogen-bond donors (Lipinski definition) is 2. The van der Waals surface area contributed by atoms with Gasteiger partial charge >= 0.3 is 5.97 Å². The monoisotopic (exact) mass is 230 g/mol. The first kappa shape index (κ1) is 9.22. The van der Waals surface area contributed by atoms with E-state index in [1.807, 2.05) is 0 Å². The summed E-state index contributed by atoms with van der Waals surface area (Å²) in [7, 11) is 0. The van der Waals surface area contributed by atoms with Crippen LogP contribution in [0.15, 0.2) is 22.7 Å². The Hall–Kier alpha value is -0.870. The van der Waals surface area contributed by atoms with Crippen molar-refractivity contribution in [1.82, 2.24) is 0 Å². The molecular formula is C8H7BrO3. The van der Waals surface area contributed by atoms with E-state index in [0.717, 1.165) is 0 Å². The van der Waals surface area contributed by atoms with E-state index in [2.05, 4.69) is 15.9 Å². The van der Waals surface area contributed by atoms with Gasteiger partial charge < -0.3 is 10.2 Å². The molecule has 3 nitrogen and oxygen atoms in total. The van der Waals surface area contributed by atoms with E-state index < -0.39 is 5.97 Å². The topological polar surface area (TPSA) is 57.5 Å². The molecule has 0 heterocycles. The average Bonchev–Trinajstić information content (AvgIpc) is 2.03. The first-order chi connectivity index (χ1) is 5.66. The van der Waals surface area contributed by atoms with E-state index in [0.29, 0.717) is 10.0 Å². The molecule has 0 saturated heterocycles. The van der Waals surface area contributed by atoms with Crippen LogP contribution < -0.4 is 0 Å². The van der Waals surface area contributed by atoms with Gasteiger partial charge in [-0.25, -0.2) is 4.79 Å². The second-order valence-corrected chi connectivity index (χ2v) is 3.08. The number of benzene rings is 1. The first-order valence-corrected chi connectivity index (χ1v) is 4.07. The summed E-state index contributed by atoms with van der Waals surface area (Å²) in [4.78, 5) is 10.6. The van der Waals surface area contributed by atoms with E-state index in [1.165, 1.54) is 6.07 Å². The fourth-order valence-electron chi connectivity index (χ4n) is 0.920. The van der Waals surface area contributed by atoms with Gasteiger partial charge in [-0.3, -0.25) is 0 Å². The van der Waals surface area contributed by atoms with Crippen molar-refractivity contribution >= 4 is 21.9 Å². The third-order valence-electron chi connectivity index (χ3n) is 1.51. The minimum Gasteiger partial charge on any atom is -0.478 e. The minimum absolute atomic E-state index is 0.131. The van der Waals surface area contributed by atoms with Crippen LogP contribution in [0.3, 0.4) is 0 Å². The van der Waals surface area contributed by atoms with Crippen LogP contribution in [0.2, 0.25) is 0 Å². The van der Waals surface area contributed by atoms with Gasteiger partial charge in [0.15, 0.2) is 0 Å². The zero-order chi connectivity index (χ0) is 9.14. The molecular weight excluding hydrogens is 224 g/mol. The van der Waals surface area contributed by atoms with Crippen LogP contribution in [0.5, 0.6) is 0 Å². The maximum absolute atomic E-state index is 10.6. The van der Waals surface area contributed by atoms with Crippen molar-refractivity contribution < 1.29 is 15.0 Å². The number of carboxylic acids is 1. The van der Waals surface area contributed by atoms with Gasteiger partial charge in [-0.05, 0) is 12.1 Å². The molecule has 1 rings (SSSR count). The van der Waals surface area contributed by atoms with E-state index in [9.17, 15) is 4.79 Å². The van der Waals surface area contributed by atoms with Gasteiger partial charge in [-0.15, -0.1) is 0 Å². The summed E-state index contributed by atoms with van der Waals surface area (Å²) in [5.74, 6) is -1.03. The SMILES string of the molecule is O=C(O)c1cccc(Br)c1CO. The fourth-order valence-corrected chi connectivity index (χ4v) is 1.41. The van der Waals surface area contributed by atoms with Crippen LogP contribution in [-0.4, -0.2) is 16.2 Å². The van der Waals surface area contributed by atoms with Crippen LogP contribution >= 0.6 is 15.9 Å². The molecule has 0 atom stereocenters. The van der Waals surface area contributed by atoms with Crippen LogP contribution in [0.4, 0.5) is 0 Å². The van der Waals surface area contributed by atoms with Crippen molar-refractivity contribution in [3.63, 3.8) is 0 Å². The lowest BCUT2D eigenvalue weighted by atomic mass is 10.1. The Labute approximate surface area is 77.8 Å². The Bertz CT molecular complexity index is 309. The maximum Gasteiger partial charge on any atom is 0.336 e. The molecule has 64 valence electrons. The van der Waals surface area contributed by atoms with Crippen LogP contribution in [0.1, 0.15) is 15.9 Å². The molecule has 0 aliphatic carbocycles. The fraction of sp³-hybridized carbons (Fsp3) is 0.125. The molecule has 0 saturated carbocycles. The second kappa shape index (κ2) is 3.69. The molecule has 4 heteroatoms. The molecule has 2 N–H and O–H groups in total. The van der Waals surface area contributed by atoms with E-state index >= 15 is 0 Å². The Morgan fingerprint density at radius 1 is 1.50 bits per heavy atom. The normalized spacial score (nSPS) is 9.83. The number of aliphatic hydroxyl groups excluding tert-OH is 1. The van der Waals surface area contributed by atoms with Crippen molar-refractivity contribution in [2.45, 2.75) is 6.61 Å². The second-order valence-electron chi connectivity index (χ2n) is 2.23. The summed E-state index contributed by atoms with van der Waals surface area (Å²) in [5.41, 5.74) is 0.539. The van der Waals surface area contributed by atoms with Crippen LogP contribution in [0.25, 0.3) is 0 Å². The summed E-state index contributed by atoms with van der Waals surface area (Å²) in [6.45, 7) is -0.275. The molecule has 0 aliphatic heterocycles. The van der Waals surface area contributed by atoms with Gasteiger partial charge in [-0.1, -0.05) is 22.0 Å². The van der Waals surface area contributed by atoms with Gasteiger partial charge in [0.05, 0.1) is 12.2 Å². The summed E-state index contributed by atoms with van der Waals surface area (Å²) in [6, 6.07) is 4.77. The van der Waals surface area contributed by atoms with Gasteiger partial charge in [0.25, 0.3) is 0 Å². The lowest BCUT2D eigenvalue weighted by Crippen LogP contribution is -2.02. The molecule has 0 unspecified atom stereocenters. The first-order valence-electron chi connectivity index (χ1n) is 3.28. The highest BCUT2D eigenvalue weighted by atomic mass is 79.9. The summed E-state index contributed by atoms with van der Waals surface area (Å²) in [6.07, 6.45) is 0. The number of hydrogen-bond acceptors (Lipinski definition) is 2. The molecule has 0 bridgehead atoms. The predicted octanol–water partition coefficient (Wildman–Crippen LogP) is 1.64. The Morgan fingerprint density at radius 3 is 2.58 bits per heavy atom. The molecule has 0 radical (unpaired) electrons. The highest BCUT2D eigenvalue weighted by molar-refractivity contribution is 9.10. The molecule has 1 aromatic carbocycles. The van der Waals surface area contributed by atoms with Gasteiger partial charge in [0, 0.05) is 10.0 Å². The number of rotatable bonds is 2. The Morgan fingerprint density at radius 2 is 2.17 bits per heavy atom. The number of carboxylic acid groups (broad SMARTS) is 1. The third kappa shape index (κ3) is 1.65. The van der Waals surface area contributed by atoms with Crippen molar-refractivity contribution in [2.24, 2.45) is 0 Å². The lowest BCUT2D eigenvalue weighted by Gasteiger charge is -2.03. The molecule has 0 spiro atoms. The predicted molar refractivity (Wildman–Crippen MR) is 47.0 cm³/mol. The van der Waals surface area contributed by atoms with E-state index in [4.69, 9.17) is 10.2 Å². The summed E-state index contributed by atoms with van der Waals surface area (Å²) < 4.78 is 0.616.